The Morgan fingerprint density at radius 1 is 0.889 bits per heavy atom. The van der Waals surface area contributed by atoms with Crippen LogP contribution in [0.2, 0.25) is 0 Å². The molecule has 5 atom stereocenters. The van der Waals surface area contributed by atoms with Gasteiger partial charge in [-0.1, -0.05) is 12.1 Å². The Bertz CT molecular complexity index is 730. The maximum absolute atomic E-state index is 12.9. The second kappa shape index (κ2) is 6.42. The Kier molecular flexibility index (Phi) is 4.44. The lowest BCUT2D eigenvalue weighted by molar-refractivity contribution is -0.236. The number of carbonyl (C=O) groups excluding carboxylic acids is 1. The highest BCUT2D eigenvalue weighted by Gasteiger charge is 2.62. The standard InChI is InChI=1S/C19H24O8/c1-18(2)24-12-13(25-18)15-17(27-19(3,4)26-15)23-14(12)16(20)22-11-9-7-6-8-10(11)21-5/h6-9,12-15,17H,1-5H3/t12-,13+,14-,15+,17+/m0/s1. The molecule has 0 saturated carbocycles. The highest BCUT2D eigenvalue weighted by Crippen LogP contribution is 2.44. The minimum atomic E-state index is -1.03. The fourth-order valence-electron chi connectivity index (χ4n) is 3.67. The number of esters is 1. The van der Waals surface area contributed by atoms with Gasteiger partial charge in [0.25, 0.3) is 0 Å². The summed E-state index contributed by atoms with van der Waals surface area (Å²) >= 11 is 0. The van der Waals surface area contributed by atoms with Gasteiger partial charge in [-0.25, -0.2) is 4.79 Å². The first-order valence-corrected chi connectivity index (χ1v) is 8.90. The van der Waals surface area contributed by atoms with Gasteiger partial charge < -0.3 is 33.2 Å². The van der Waals surface area contributed by atoms with E-state index in [4.69, 9.17) is 33.2 Å². The third-order valence-electron chi connectivity index (χ3n) is 4.67. The van der Waals surface area contributed by atoms with Crippen LogP contribution in [0.3, 0.4) is 0 Å². The molecule has 148 valence electrons. The number of hydrogen-bond acceptors (Lipinski definition) is 8. The van der Waals surface area contributed by atoms with Crippen molar-refractivity contribution in [3.8, 4) is 11.5 Å². The number of methoxy groups -OCH3 is 1. The third kappa shape index (κ3) is 3.43. The molecule has 0 bridgehead atoms. The van der Waals surface area contributed by atoms with E-state index >= 15 is 0 Å². The average molecular weight is 380 g/mol. The quantitative estimate of drug-likeness (QED) is 0.582. The van der Waals surface area contributed by atoms with E-state index in [1.165, 1.54) is 7.11 Å². The smallest absolute Gasteiger partial charge is 0.343 e. The van der Waals surface area contributed by atoms with E-state index in [0.29, 0.717) is 11.5 Å². The molecule has 3 aliphatic heterocycles. The molecular weight excluding hydrogens is 356 g/mol. The first-order chi connectivity index (χ1) is 12.7. The van der Waals surface area contributed by atoms with Crippen LogP contribution in [0, 0.1) is 0 Å². The summed E-state index contributed by atoms with van der Waals surface area (Å²) in [4.78, 5) is 12.9. The van der Waals surface area contributed by atoms with Gasteiger partial charge in [0, 0.05) is 0 Å². The second-order valence-electron chi connectivity index (χ2n) is 7.66. The van der Waals surface area contributed by atoms with Crippen molar-refractivity contribution in [3.63, 3.8) is 0 Å². The van der Waals surface area contributed by atoms with Crippen molar-refractivity contribution >= 4 is 5.97 Å². The fourth-order valence-corrected chi connectivity index (χ4v) is 3.67. The molecule has 0 radical (unpaired) electrons. The van der Waals surface area contributed by atoms with Crippen LogP contribution >= 0.6 is 0 Å². The lowest BCUT2D eigenvalue weighted by Gasteiger charge is -2.35. The number of hydrogen-bond donors (Lipinski definition) is 0. The zero-order valence-electron chi connectivity index (χ0n) is 16.0. The summed E-state index contributed by atoms with van der Waals surface area (Å²) in [5.74, 6) is -1.59. The van der Waals surface area contributed by atoms with Gasteiger partial charge in [-0.15, -0.1) is 0 Å². The second-order valence-corrected chi connectivity index (χ2v) is 7.66. The largest absolute Gasteiger partial charge is 0.493 e. The van der Waals surface area contributed by atoms with Gasteiger partial charge in [-0.2, -0.15) is 0 Å². The molecule has 1 aromatic carbocycles. The third-order valence-corrected chi connectivity index (χ3v) is 4.67. The maximum Gasteiger partial charge on any atom is 0.343 e. The van der Waals surface area contributed by atoms with Crippen LogP contribution in [0.15, 0.2) is 24.3 Å². The van der Waals surface area contributed by atoms with Crippen LogP contribution in [0.5, 0.6) is 11.5 Å². The van der Waals surface area contributed by atoms with E-state index in [2.05, 4.69) is 0 Å². The summed E-state index contributed by atoms with van der Waals surface area (Å²) in [5.41, 5.74) is 0. The van der Waals surface area contributed by atoms with Crippen molar-refractivity contribution in [2.75, 3.05) is 7.11 Å². The minimum Gasteiger partial charge on any atom is -0.493 e. The minimum absolute atomic E-state index is 0.300. The molecule has 0 aromatic heterocycles. The predicted octanol–water partition coefficient (Wildman–Crippen LogP) is 2.00. The molecule has 1 aromatic rings. The zero-order valence-corrected chi connectivity index (χ0v) is 16.0. The van der Waals surface area contributed by atoms with Crippen LogP contribution in [0.1, 0.15) is 27.7 Å². The molecule has 0 unspecified atom stereocenters. The number of benzene rings is 1. The molecular formula is C19H24O8. The Morgan fingerprint density at radius 3 is 2.19 bits per heavy atom. The summed E-state index contributed by atoms with van der Waals surface area (Å²) in [6.07, 6.45) is -3.48. The molecule has 3 saturated heterocycles. The van der Waals surface area contributed by atoms with Crippen molar-refractivity contribution in [1.82, 2.24) is 0 Å². The molecule has 0 amide bonds. The Labute approximate surface area is 157 Å². The first kappa shape index (κ1) is 18.6. The highest BCUT2D eigenvalue weighted by molar-refractivity contribution is 5.79. The van der Waals surface area contributed by atoms with Crippen molar-refractivity contribution in [3.05, 3.63) is 24.3 Å². The van der Waals surface area contributed by atoms with Gasteiger partial charge in [0.1, 0.15) is 18.3 Å². The van der Waals surface area contributed by atoms with Crippen molar-refractivity contribution in [2.24, 2.45) is 0 Å². The van der Waals surface area contributed by atoms with Gasteiger partial charge >= 0.3 is 5.97 Å². The van der Waals surface area contributed by atoms with Crippen LogP contribution < -0.4 is 9.47 Å². The van der Waals surface area contributed by atoms with Crippen LogP contribution in [-0.2, 0) is 28.5 Å². The van der Waals surface area contributed by atoms with Gasteiger partial charge in [0.05, 0.1) is 7.11 Å². The van der Waals surface area contributed by atoms with Crippen molar-refractivity contribution in [1.29, 1.82) is 0 Å². The lowest BCUT2D eigenvalue weighted by atomic mass is 9.99. The van der Waals surface area contributed by atoms with Gasteiger partial charge in [0.15, 0.2) is 35.5 Å². The predicted molar refractivity (Wildman–Crippen MR) is 91.2 cm³/mol. The van der Waals surface area contributed by atoms with E-state index in [1.807, 2.05) is 0 Å². The molecule has 3 fully saturated rings. The molecule has 0 aliphatic carbocycles. The van der Waals surface area contributed by atoms with E-state index in [9.17, 15) is 4.79 Å². The van der Waals surface area contributed by atoms with E-state index in [1.54, 1.807) is 52.0 Å². The van der Waals surface area contributed by atoms with Gasteiger partial charge in [-0.3, -0.25) is 0 Å². The molecule has 0 spiro atoms. The monoisotopic (exact) mass is 380 g/mol. The number of ether oxygens (including phenoxy) is 7. The summed E-state index contributed by atoms with van der Waals surface area (Å²) in [6.45, 7) is 7.13. The zero-order chi connectivity index (χ0) is 19.4. The summed E-state index contributed by atoms with van der Waals surface area (Å²) in [6, 6.07) is 6.89. The van der Waals surface area contributed by atoms with E-state index < -0.39 is 48.2 Å². The Hall–Kier alpha value is -1.71. The van der Waals surface area contributed by atoms with Crippen molar-refractivity contribution in [2.45, 2.75) is 70.0 Å². The van der Waals surface area contributed by atoms with Gasteiger partial charge in [-0.05, 0) is 39.8 Å². The fraction of sp³-hybridized carbons (Fsp3) is 0.632. The maximum atomic E-state index is 12.9. The molecule has 27 heavy (non-hydrogen) atoms. The first-order valence-electron chi connectivity index (χ1n) is 8.90. The van der Waals surface area contributed by atoms with E-state index in [0.717, 1.165) is 0 Å². The van der Waals surface area contributed by atoms with E-state index in [-0.39, 0.29) is 0 Å². The number of para-hydroxylation sites is 2. The Balaban J connectivity index is 1.59. The van der Waals surface area contributed by atoms with Gasteiger partial charge in [0.2, 0.25) is 0 Å². The van der Waals surface area contributed by atoms with Crippen LogP contribution in [-0.4, -0.2) is 55.4 Å². The van der Waals surface area contributed by atoms with Crippen LogP contribution in [0.4, 0.5) is 0 Å². The van der Waals surface area contributed by atoms with Crippen LogP contribution in [0.25, 0.3) is 0 Å². The molecule has 4 rings (SSSR count). The SMILES string of the molecule is COc1ccccc1OC(=O)[C@H]1O[C@@H]2OC(C)(C)O[C@@H]2[C@@H]2OC(C)(C)O[C@@H]21. The summed E-state index contributed by atoms with van der Waals surface area (Å²) < 4.78 is 40.3. The molecule has 3 heterocycles. The number of carbonyl (C=O) groups is 1. The highest BCUT2D eigenvalue weighted by atomic mass is 16.9. The average Bonchev–Trinajstić information content (AvgIpc) is 3.08. The number of rotatable bonds is 3. The molecule has 0 N–H and O–H groups in total. The molecule has 3 aliphatic rings. The summed E-state index contributed by atoms with van der Waals surface area (Å²) in [5, 5.41) is 0. The Morgan fingerprint density at radius 2 is 1.48 bits per heavy atom. The molecule has 8 heteroatoms. The normalized spacial score (nSPS) is 36.0. The lowest BCUT2D eigenvalue weighted by Crippen LogP contribution is -2.58. The topological polar surface area (TPSA) is 81.7 Å². The summed E-state index contributed by atoms with van der Waals surface area (Å²) in [7, 11) is 1.51. The number of fused-ring (bicyclic) bond motifs is 3. The van der Waals surface area contributed by atoms with Crippen molar-refractivity contribution < 1.29 is 38.0 Å². The molecule has 8 nitrogen and oxygen atoms in total.